The second-order valence-corrected chi connectivity index (χ2v) is 7.81. The number of para-hydroxylation sites is 1. The maximum Gasteiger partial charge on any atom is 0.300 e. The van der Waals surface area contributed by atoms with Gasteiger partial charge in [0.2, 0.25) is 0 Å². The number of Topliss-reactive ketones (excluding diaryl/α,β-unsaturated/α-hetero) is 1. The topological polar surface area (TPSA) is 73.4 Å². The van der Waals surface area contributed by atoms with Crippen LogP contribution in [0, 0.1) is 12.7 Å². The number of nitrogens with zero attached hydrogens (tertiary/aromatic N) is 1. The number of carbonyl (C=O) groups is 2. The van der Waals surface area contributed by atoms with Crippen LogP contribution in [0.5, 0.6) is 0 Å². The number of anilines is 1. The van der Waals surface area contributed by atoms with Gasteiger partial charge < -0.3 is 10.1 Å². The van der Waals surface area contributed by atoms with Gasteiger partial charge in [-0.15, -0.1) is 0 Å². The van der Waals surface area contributed by atoms with Crippen LogP contribution in [0.4, 0.5) is 10.1 Å². The highest BCUT2D eigenvalue weighted by Gasteiger charge is 2.47. The van der Waals surface area contributed by atoms with Gasteiger partial charge in [-0.05, 0) is 36.8 Å². The van der Waals surface area contributed by atoms with Crippen molar-refractivity contribution in [1.82, 2.24) is 4.98 Å². The summed E-state index contributed by atoms with van der Waals surface area (Å²) in [6.45, 7) is 1.90. The zero-order valence-electron chi connectivity index (χ0n) is 17.2. The molecule has 1 aliphatic rings. The summed E-state index contributed by atoms with van der Waals surface area (Å²) in [5, 5.41) is 12.0. The number of benzene rings is 3. The van der Waals surface area contributed by atoms with Crippen LogP contribution in [0.3, 0.4) is 0 Å². The van der Waals surface area contributed by atoms with Crippen molar-refractivity contribution in [2.45, 2.75) is 13.0 Å². The van der Waals surface area contributed by atoms with E-state index in [-0.39, 0.29) is 17.0 Å². The van der Waals surface area contributed by atoms with Gasteiger partial charge in [-0.25, -0.2) is 4.39 Å². The predicted molar refractivity (Wildman–Crippen MR) is 121 cm³/mol. The quantitative estimate of drug-likeness (QED) is 0.267. The number of fused-ring (bicyclic) bond motifs is 1. The van der Waals surface area contributed by atoms with Crippen molar-refractivity contribution in [1.29, 1.82) is 0 Å². The van der Waals surface area contributed by atoms with Gasteiger partial charge in [0.1, 0.15) is 11.6 Å². The van der Waals surface area contributed by atoms with Crippen molar-refractivity contribution in [2.75, 3.05) is 4.90 Å². The molecular weight excluding hydrogens is 407 g/mol. The number of aromatic amines is 1. The van der Waals surface area contributed by atoms with E-state index in [2.05, 4.69) is 4.98 Å². The van der Waals surface area contributed by atoms with Crippen LogP contribution in [-0.2, 0) is 9.59 Å². The lowest BCUT2D eigenvalue weighted by molar-refractivity contribution is -0.132. The summed E-state index contributed by atoms with van der Waals surface area (Å²) in [5.41, 5.74) is 3.01. The van der Waals surface area contributed by atoms with Gasteiger partial charge in [0.15, 0.2) is 0 Å². The highest BCUT2D eigenvalue weighted by atomic mass is 19.1. The summed E-state index contributed by atoms with van der Waals surface area (Å²) in [7, 11) is 0. The third-order valence-electron chi connectivity index (χ3n) is 5.73. The molecule has 6 heteroatoms. The van der Waals surface area contributed by atoms with E-state index >= 15 is 0 Å². The van der Waals surface area contributed by atoms with Crippen LogP contribution in [0.1, 0.15) is 22.7 Å². The Hall–Kier alpha value is -4.19. The molecule has 2 N–H and O–H groups in total. The van der Waals surface area contributed by atoms with Gasteiger partial charge in [-0.1, -0.05) is 54.1 Å². The Morgan fingerprint density at radius 2 is 1.78 bits per heavy atom. The zero-order valence-corrected chi connectivity index (χ0v) is 17.2. The third-order valence-corrected chi connectivity index (χ3v) is 5.73. The first-order chi connectivity index (χ1) is 15.5. The molecule has 0 radical (unpaired) electrons. The first kappa shape index (κ1) is 19.8. The molecule has 32 heavy (non-hydrogen) atoms. The minimum Gasteiger partial charge on any atom is -0.507 e. The molecular formula is C26H19FN2O3. The van der Waals surface area contributed by atoms with Crippen molar-refractivity contribution in [3.63, 3.8) is 0 Å². The number of hydrogen-bond acceptors (Lipinski definition) is 3. The van der Waals surface area contributed by atoms with Gasteiger partial charge in [0, 0.05) is 28.4 Å². The van der Waals surface area contributed by atoms with Crippen LogP contribution in [0.25, 0.3) is 16.7 Å². The van der Waals surface area contributed by atoms with E-state index in [9.17, 15) is 19.1 Å². The molecule has 3 aromatic carbocycles. The molecule has 0 saturated carbocycles. The average molecular weight is 426 g/mol. The second-order valence-electron chi connectivity index (χ2n) is 7.81. The van der Waals surface area contributed by atoms with Crippen LogP contribution in [-0.4, -0.2) is 21.8 Å². The second kappa shape index (κ2) is 7.50. The number of nitrogens with one attached hydrogen (secondary N) is 1. The number of amides is 1. The molecule has 1 aromatic heterocycles. The molecule has 2 heterocycles. The Bertz CT molecular complexity index is 1420. The van der Waals surface area contributed by atoms with Crippen LogP contribution >= 0.6 is 0 Å². The van der Waals surface area contributed by atoms with Gasteiger partial charge in [-0.3, -0.25) is 14.5 Å². The number of H-pyrrole nitrogens is 1. The number of carbonyl (C=O) groups excluding carboxylic acids is 2. The summed E-state index contributed by atoms with van der Waals surface area (Å²) in [6, 6.07) is 19.4. The van der Waals surface area contributed by atoms with Gasteiger partial charge in [-0.2, -0.15) is 0 Å². The Kier molecular flexibility index (Phi) is 4.63. The lowest BCUT2D eigenvalue weighted by atomic mass is 9.94. The fraction of sp³-hybridized carbons (Fsp3) is 0.0769. The molecule has 1 unspecified atom stereocenters. The number of halogens is 1. The zero-order chi connectivity index (χ0) is 22.4. The Balaban J connectivity index is 1.77. The number of hydrogen-bond donors (Lipinski definition) is 2. The molecule has 1 aliphatic heterocycles. The Morgan fingerprint density at radius 1 is 1.00 bits per heavy atom. The molecule has 1 atom stereocenters. The largest absolute Gasteiger partial charge is 0.507 e. The van der Waals surface area contributed by atoms with E-state index in [0.29, 0.717) is 11.1 Å². The summed E-state index contributed by atoms with van der Waals surface area (Å²) in [4.78, 5) is 30.7. The Morgan fingerprint density at radius 3 is 2.56 bits per heavy atom. The van der Waals surface area contributed by atoms with E-state index < -0.39 is 23.5 Å². The summed E-state index contributed by atoms with van der Waals surface area (Å²) < 4.78 is 14.0. The van der Waals surface area contributed by atoms with Crippen molar-refractivity contribution in [3.05, 3.63) is 107 Å². The highest BCUT2D eigenvalue weighted by Crippen LogP contribution is 2.43. The first-order valence-electron chi connectivity index (χ1n) is 10.2. The first-order valence-corrected chi connectivity index (χ1v) is 10.2. The highest BCUT2D eigenvalue weighted by molar-refractivity contribution is 6.51. The monoisotopic (exact) mass is 426 g/mol. The lowest BCUT2D eigenvalue weighted by Gasteiger charge is -2.25. The Labute approximate surface area is 183 Å². The smallest absolute Gasteiger partial charge is 0.300 e. The molecule has 5 rings (SSSR count). The standard InChI is InChI=1S/C26H19FN2O3/c1-15-6-4-7-16(12-15)23-22(24(30)20-14-28-21-11-3-2-10-19(20)21)25(31)26(32)29(23)18-9-5-8-17(27)13-18/h2-14,23,28,30H,1H3/b24-22-. The van der Waals surface area contributed by atoms with Gasteiger partial charge >= 0.3 is 0 Å². The van der Waals surface area contributed by atoms with E-state index in [4.69, 9.17) is 0 Å². The van der Waals surface area contributed by atoms with Crippen LogP contribution < -0.4 is 4.90 Å². The molecule has 158 valence electrons. The molecule has 5 nitrogen and oxygen atoms in total. The summed E-state index contributed by atoms with van der Waals surface area (Å²) >= 11 is 0. The molecule has 0 bridgehead atoms. The van der Waals surface area contributed by atoms with Crippen molar-refractivity contribution < 1.29 is 19.1 Å². The molecule has 0 spiro atoms. The summed E-state index contributed by atoms with van der Waals surface area (Å²) in [5.74, 6) is -2.43. The van der Waals surface area contributed by atoms with Crippen LogP contribution in [0.2, 0.25) is 0 Å². The minimum atomic E-state index is -0.898. The molecule has 1 saturated heterocycles. The fourth-order valence-electron chi connectivity index (χ4n) is 4.29. The SMILES string of the molecule is Cc1cccc(C2/C(=C(/O)c3c[nH]c4ccccc34)C(=O)C(=O)N2c2cccc(F)c2)c1. The van der Waals surface area contributed by atoms with Crippen molar-refractivity contribution >= 4 is 34.0 Å². The maximum atomic E-state index is 14.0. The summed E-state index contributed by atoms with van der Waals surface area (Å²) in [6.07, 6.45) is 1.61. The van der Waals surface area contributed by atoms with E-state index in [1.807, 2.05) is 49.4 Å². The number of aliphatic hydroxyl groups excluding tert-OH is 1. The van der Waals surface area contributed by atoms with Gasteiger partial charge in [0.05, 0.1) is 11.6 Å². The van der Waals surface area contributed by atoms with E-state index in [1.165, 1.54) is 23.1 Å². The van der Waals surface area contributed by atoms with E-state index in [0.717, 1.165) is 16.5 Å². The van der Waals surface area contributed by atoms with Gasteiger partial charge in [0.25, 0.3) is 11.7 Å². The number of aliphatic hydroxyl groups is 1. The number of ketones is 1. The van der Waals surface area contributed by atoms with E-state index in [1.54, 1.807) is 18.3 Å². The minimum absolute atomic E-state index is 0.0328. The van der Waals surface area contributed by atoms with Crippen molar-refractivity contribution in [2.24, 2.45) is 0 Å². The number of aromatic nitrogens is 1. The fourth-order valence-corrected chi connectivity index (χ4v) is 4.29. The number of rotatable bonds is 3. The number of aryl methyl sites for hydroxylation is 1. The molecule has 1 fully saturated rings. The molecule has 4 aromatic rings. The molecule has 1 amide bonds. The van der Waals surface area contributed by atoms with Crippen molar-refractivity contribution in [3.8, 4) is 0 Å². The normalized spacial score (nSPS) is 17.9. The maximum absolute atomic E-state index is 14.0. The predicted octanol–water partition coefficient (Wildman–Crippen LogP) is 5.24. The lowest BCUT2D eigenvalue weighted by Crippen LogP contribution is -2.29. The molecule has 0 aliphatic carbocycles. The van der Waals surface area contributed by atoms with Crippen LogP contribution in [0.15, 0.2) is 84.6 Å². The third kappa shape index (κ3) is 3.08. The average Bonchev–Trinajstić information content (AvgIpc) is 3.33.